The molecule has 1 unspecified atom stereocenters. The van der Waals surface area contributed by atoms with E-state index in [4.69, 9.17) is 0 Å². The molecule has 0 aliphatic rings. The number of hydrogen-bond donors (Lipinski definition) is 3. The Morgan fingerprint density at radius 3 is 2.00 bits per heavy atom. The molecule has 6 nitrogen and oxygen atoms in total. The van der Waals surface area contributed by atoms with E-state index in [0.29, 0.717) is 5.75 Å². The van der Waals surface area contributed by atoms with Gasteiger partial charge in [-0.15, -0.1) is 11.8 Å². The maximum absolute atomic E-state index is 12.3. The lowest BCUT2D eigenvalue weighted by Gasteiger charge is -2.25. The summed E-state index contributed by atoms with van der Waals surface area (Å²) in [5.41, 5.74) is 3.94. The molecule has 0 rings (SSSR count). The number of rotatable bonds is 16. The highest BCUT2D eigenvalue weighted by molar-refractivity contribution is 8.00. The van der Waals surface area contributed by atoms with Crippen molar-refractivity contribution in [2.75, 3.05) is 5.75 Å². The summed E-state index contributed by atoms with van der Waals surface area (Å²) in [6.45, 7) is 13.7. The Bertz CT molecular complexity index is 724. The minimum absolute atomic E-state index is 0.168. The maximum atomic E-state index is 12.3. The number of thioether (sulfide) groups is 1. The van der Waals surface area contributed by atoms with Crippen molar-refractivity contribution >= 4 is 29.5 Å². The normalized spacial score (nSPS) is 14.8. The number of carboxylic acid groups (broad SMARTS) is 1. The Morgan fingerprint density at radius 1 is 0.909 bits per heavy atom. The van der Waals surface area contributed by atoms with Gasteiger partial charge in [0, 0.05) is 19.1 Å². The molecule has 0 heterocycles. The van der Waals surface area contributed by atoms with Crippen LogP contribution in [0, 0.1) is 5.92 Å². The summed E-state index contributed by atoms with van der Waals surface area (Å²) in [5, 5.41) is 14.2. The minimum atomic E-state index is -1.18. The second-order valence-corrected chi connectivity index (χ2v) is 10.2. The summed E-state index contributed by atoms with van der Waals surface area (Å²) in [4.78, 5) is 35.7. The van der Waals surface area contributed by atoms with E-state index in [0.717, 1.165) is 32.1 Å². The number of allylic oxidation sites excluding steroid dienone is 5. The molecule has 0 aromatic rings. The zero-order valence-corrected chi connectivity index (χ0v) is 22.3. The first kappa shape index (κ1) is 31.0. The van der Waals surface area contributed by atoms with Gasteiger partial charge < -0.3 is 15.7 Å². The topological polar surface area (TPSA) is 95.5 Å². The smallest absolute Gasteiger partial charge is 0.329 e. The van der Waals surface area contributed by atoms with Gasteiger partial charge in [0.1, 0.15) is 5.37 Å². The Hall–Kier alpha value is -2.02. The van der Waals surface area contributed by atoms with E-state index >= 15 is 0 Å². The molecule has 3 atom stereocenters. The lowest BCUT2D eigenvalue weighted by Crippen LogP contribution is -2.54. The van der Waals surface area contributed by atoms with Crippen LogP contribution >= 0.6 is 11.8 Å². The van der Waals surface area contributed by atoms with Crippen molar-refractivity contribution in [3.05, 3.63) is 34.9 Å². The summed E-state index contributed by atoms with van der Waals surface area (Å²) in [6.07, 6.45) is 11.7. The fourth-order valence-electron chi connectivity index (χ4n) is 3.01. The zero-order valence-electron chi connectivity index (χ0n) is 21.5. The van der Waals surface area contributed by atoms with Gasteiger partial charge in [-0.25, -0.2) is 4.79 Å². The van der Waals surface area contributed by atoms with Crippen LogP contribution in [0.4, 0.5) is 0 Å². The third-order valence-electron chi connectivity index (χ3n) is 5.29. The van der Waals surface area contributed by atoms with E-state index in [1.807, 2.05) is 13.8 Å². The molecule has 33 heavy (non-hydrogen) atoms. The molecule has 188 valence electrons. The molecule has 0 radical (unpaired) electrons. The monoisotopic (exact) mass is 480 g/mol. The molecule has 2 amide bonds. The first-order chi connectivity index (χ1) is 15.5. The number of carbonyl (C=O) groups excluding carboxylic acids is 2. The average molecular weight is 481 g/mol. The fraction of sp³-hybridized carbons (Fsp3) is 0.654. The Morgan fingerprint density at radius 2 is 1.48 bits per heavy atom. The van der Waals surface area contributed by atoms with Crippen molar-refractivity contribution in [2.45, 2.75) is 98.4 Å². The van der Waals surface area contributed by atoms with Crippen molar-refractivity contribution < 1.29 is 19.5 Å². The Balaban J connectivity index is 4.88. The minimum Gasteiger partial charge on any atom is -0.480 e. The molecule has 0 bridgehead atoms. The molecule has 0 saturated carbocycles. The highest BCUT2D eigenvalue weighted by atomic mass is 32.2. The molecule has 3 N–H and O–H groups in total. The summed E-state index contributed by atoms with van der Waals surface area (Å²) in [7, 11) is 0. The van der Waals surface area contributed by atoms with E-state index in [1.54, 1.807) is 0 Å². The quantitative estimate of drug-likeness (QED) is 0.197. The summed E-state index contributed by atoms with van der Waals surface area (Å²) >= 11 is 1.31. The van der Waals surface area contributed by atoms with Crippen LogP contribution in [0.15, 0.2) is 34.9 Å². The molecule has 0 spiro atoms. The summed E-state index contributed by atoms with van der Waals surface area (Å²) in [5.74, 6) is -1.09. The highest BCUT2D eigenvalue weighted by Crippen LogP contribution is 2.17. The first-order valence-corrected chi connectivity index (χ1v) is 12.9. The van der Waals surface area contributed by atoms with Crippen LogP contribution in [0.5, 0.6) is 0 Å². The van der Waals surface area contributed by atoms with Crippen molar-refractivity contribution in [2.24, 2.45) is 5.92 Å². The van der Waals surface area contributed by atoms with Crippen LogP contribution in [0.3, 0.4) is 0 Å². The van der Waals surface area contributed by atoms with Crippen LogP contribution in [0.25, 0.3) is 0 Å². The standard InChI is InChI=1S/C26H44N2O4S/c1-8-19(4)17-23(30)28-24(26(31)32)25(27-22(7)29)33-16-15-21(6)14-10-13-20(5)12-9-11-18(2)3/h11,13,15,19,24-25H,8-10,12,14,16-17H2,1-7H3,(H,27,29)(H,28,30)(H,31,32)/b20-13+,21-15+/t19-,24-,25?/m0/s1. The predicted molar refractivity (Wildman–Crippen MR) is 139 cm³/mol. The summed E-state index contributed by atoms with van der Waals surface area (Å²) < 4.78 is 0. The van der Waals surface area contributed by atoms with Crippen molar-refractivity contribution in [1.82, 2.24) is 10.6 Å². The molecule has 0 aromatic carbocycles. The van der Waals surface area contributed by atoms with Gasteiger partial charge in [-0.2, -0.15) is 0 Å². The van der Waals surface area contributed by atoms with Crippen LogP contribution < -0.4 is 10.6 Å². The van der Waals surface area contributed by atoms with Crippen LogP contribution in [-0.2, 0) is 14.4 Å². The molecular weight excluding hydrogens is 436 g/mol. The fourth-order valence-corrected chi connectivity index (χ4v) is 4.23. The zero-order chi connectivity index (χ0) is 25.4. The molecule has 0 aromatic heterocycles. The number of carbonyl (C=O) groups is 3. The molecular formula is C26H44N2O4S. The number of hydrogen-bond acceptors (Lipinski definition) is 4. The third-order valence-corrected chi connectivity index (χ3v) is 6.40. The highest BCUT2D eigenvalue weighted by Gasteiger charge is 2.30. The Labute approximate surface area is 204 Å². The van der Waals surface area contributed by atoms with Crippen LogP contribution in [-0.4, -0.2) is 40.1 Å². The van der Waals surface area contributed by atoms with E-state index in [9.17, 15) is 19.5 Å². The van der Waals surface area contributed by atoms with Crippen molar-refractivity contribution in [3.8, 4) is 0 Å². The number of aliphatic carboxylic acids is 1. The predicted octanol–water partition coefficient (Wildman–Crippen LogP) is 5.61. The van der Waals surface area contributed by atoms with Gasteiger partial charge in [0.05, 0.1) is 0 Å². The van der Waals surface area contributed by atoms with Gasteiger partial charge >= 0.3 is 5.97 Å². The van der Waals surface area contributed by atoms with Gasteiger partial charge in [0.15, 0.2) is 6.04 Å². The van der Waals surface area contributed by atoms with Gasteiger partial charge in [-0.1, -0.05) is 55.2 Å². The molecule has 0 aliphatic carbocycles. The third kappa shape index (κ3) is 16.3. The average Bonchev–Trinajstić information content (AvgIpc) is 2.70. The lowest BCUT2D eigenvalue weighted by molar-refractivity contribution is -0.142. The van der Waals surface area contributed by atoms with Crippen LogP contribution in [0.2, 0.25) is 0 Å². The van der Waals surface area contributed by atoms with Gasteiger partial charge in [-0.3, -0.25) is 9.59 Å². The number of amides is 2. The molecule has 0 fully saturated rings. The van der Waals surface area contributed by atoms with E-state index in [2.05, 4.69) is 56.6 Å². The second-order valence-electron chi connectivity index (χ2n) is 9.02. The lowest BCUT2D eigenvalue weighted by atomic mass is 10.0. The largest absolute Gasteiger partial charge is 0.480 e. The molecule has 0 aliphatic heterocycles. The summed E-state index contributed by atoms with van der Waals surface area (Å²) in [6, 6.07) is -1.18. The first-order valence-electron chi connectivity index (χ1n) is 11.8. The Kier molecular flexibility index (Phi) is 16.4. The SMILES string of the molecule is CC[C@H](C)CC(=O)N[C@H](C(=O)O)C(NC(C)=O)SC/C=C(\C)CC/C=C(\C)CCC=C(C)C. The van der Waals surface area contributed by atoms with Gasteiger partial charge in [0.25, 0.3) is 0 Å². The van der Waals surface area contributed by atoms with Crippen LogP contribution in [0.1, 0.15) is 87.0 Å². The number of nitrogens with one attached hydrogen (secondary N) is 2. The molecule has 0 saturated heterocycles. The van der Waals surface area contributed by atoms with Crippen molar-refractivity contribution in [1.29, 1.82) is 0 Å². The van der Waals surface area contributed by atoms with E-state index < -0.39 is 17.4 Å². The van der Waals surface area contributed by atoms with Gasteiger partial charge in [0.2, 0.25) is 11.8 Å². The van der Waals surface area contributed by atoms with Crippen molar-refractivity contribution in [3.63, 3.8) is 0 Å². The number of carboxylic acids is 1. The second kappa shape index (κ2) is 17.5. The van der Waals surface area contributed by atoms with E-state index in [-0.39, 0.29) is 24.2 Å². The van der Waals surface area contributed by atoms with E-state index in [1.165, 1.54) is 35.4 Å². The molecule has 7 heteroatoms. The van der Waals surface area contributed by atoms with Gasteiger partial charge in [-0.05, 0) is 59.3 Å². The maximum Gasteiger partial charge on any atom is 0.329 e.